The minimum atomic E-state index is -0.838. The molecule has 0 aliphatic rings. The lowest BCUT2D eigenvalue weighted by atomic mass is 9.88. The van der Waals surface area contributed by atoms with E-state index in [1.807, 2.05) is 13.8 Å². The fourth-order valence-corrected chi connectivity index (χ4v) is 2.26. The van der Waals surface area contributed by atoms with Gasteiger partial charge in [0.1, 0.15) is 0 Å². The van der Waals surface area contributed by atoms with E-state index in [4.69, 9.17) is 10.8 Å². The summed E-state index contributed by atoms with van der Waals surface area (Å²) in [5, 5.41) is 11.6. The van der Waals surface area contributed by atoms with Crippen LogP contribution >= 0.6 is 0 Å². The molecule has 1 amide bonds. The van der Waals surface area contributed by atoms with Crippen molar-refractivity contribution in [2.75, 3.05) is 6.54 Å². The fourth-order valence-electron chi connectivity index (χ4n) is 2.26. The van der Waals surface area contributed by atoms with Crippen LogP contribution in [0.15, 0.2) is 0 Å². The van der Waals surface area contributed by atoms with Crippen LogP contribution in [0.5, 0.6) is 0 Å². The van der Waals surface area contributed by atoms with Crippen LogP contribution in [0, 0.1) is 11.8 Å². The molecule has 0 aromatic rings. The van der Waals surface area contributed by atoms with Gasteiger partial charge in [0.25, 0.3) is 0 Å². The number of carbonyl (C=O) groups is 2. The number of carboxylic acid groups (broad SMARTS) is 1. The topological polar surface area (TPSA) is 92.4 Å². The van der Waals surface area contributed by atoms with Gasteiger partial charge >= 0.3 is 5.97 Å². The Labute approximate surface area is 122 Å². The van der Waals surface area contributed by atoms with Crippen LogP contribution < -0.4 is 11.1 Å². The van der Waals surface area contributed by atoms with Crippen LogP contribution in [0.4, 0.5) is 0 Å². The van der Waals surface area contributed by atoms with E-state index in [-0.39, 0.29) is 12.3 Å². The zero-order valence-electron chi connectivity index (χ0n) is 13.2. The van der Waals surface area contributed by atoms with Crippen molar-refractivity contribution in [3.8, 4) is 0 Å². The van der Waals surface area contributed by atoms with Gasteiger partial charge in [-0.3, -0.25) is 9.59 Å². The number of nitrogens with two attached hydrogens (primary N) is 1. The second-order valence-electron chi connectivity index (χ2n) is 6.45. The highest BCUT2D eigenvalue weighted by molar-refractivity contribution is 5.76. The average molecular weight is 286 g/mol. The monoisotopic (exact) mass is 286 g/mol. The maximum atomic E-state index is 11.9. The molecule has 0 rings (SSSR count). The number of rotatable bonds is 10. The van der Waals surface area contributed by atoms with Gasteiger partial charge in [0.15, 0.2) is 0 Å². The molecule has 5 heteroatoms. The van der Waals surface area contributed by atoms with E-state index in [0.717, 1.165) is 12.8 Å². The van der Waals surface area contributed by atoms with Crippen molar-refractivity contribution >= 4 is 11.9 Å². The minimum Gasteiger partial charge on any atom is -0.481 e. The molecule has 0 bridgehead atoms. The zero-order chi connectivity index (χ0) is 15.8. The predicted octanol–water partition coefficient (Wildman–Crippen LogP) is 2.15. The van der Waals surface area contributed by atoms with Crippen molar-refractivity contribution in [3.63, 3.8) is 0 Å². The number of hydrogen-bond acceptors (Lipinski definition) is 3. The van der Waals surface area contributed by atoms with Gasteiger partial charge in [0.05, 0.1) is 0 Å². The van der Waals surface area contributed by atoms with Gasteiger partial charge in [-0.15, -0.1) is 0 Å². The van der Waals surface area contributed by atoms with Gasteiger partial charge in [-0.2, -0.15) is 0 Å². The molecule has 0 fully saturated rings. The highest BCUT2D eigenvalue weighted by atomic mass is 16.4. The molecular formula is C15H30N2O3. The lowest BCUT2D eigenvalue weighted by Crippen LogP contribution is -2.43. The molecule has 0 aliphatic carbocycles. The summed E-state index contributed by atoms with van der Waals surface area (Å²) in [4.78, 5) is 22.5. The third kappa shape index (κ3) is 8.91. The molecule has 0 radical (unpaired) electrons. The maximum absolute atomic E-state index is 11.9. The summed E-state index contributed by atoms with van der Waals surface area (Å²) in [5.74, 6) is 0.137. The van der Waals surface area contributed by atoms with E-state index in [1.54, 1.807) is 0 Å². The third-order valence-corrected chi connectivity index (χ3v) is 3.66. The molecule has 20 heavy (non-hydrogen) atoms. The Morgan fingerprint density at radius 2 is 1.80 bits per heavy atom. The smallest absolute Gasteiger partial charge is 0.303 e. The van der Waals surface area contributed by atoms with E-state index in [9.17, 15) is 9.59 Å². The number of amides is 1. The second kappa shape index (κ2) is 8.95. The van der Waals surface area contributed by atoms with Crippen molar-refractivity contribution in [2.45, 2.75) is 65.3 Å². The van der Waals surface area contributed by atoms with Crippen LogP contribution in [-0.4, -0.2) is 29.1 Å². The van der Waals surface area contributed by atoms with Gasteiger partial charge in [-0.1, -0.05) is 13.8 Å². The van der Waals surface area contributed by atoms with E-state index < -0.39 is 11.5 Å². The third-order valence-electron chi connectivity index (χ3n) is 3.66. The number of carboxylic acids is 1. The number of hydrogen-bond donors (Lipinski definition) is 3. The van der Waals surface area contributed by atoms with Gasteiger partial charge < -0.3 is 16.2 Å². The molecule has 0 aromatic carbocycles. The number of carbonyl (C=O) groups excluding carboxylic acids is 1. The molecule has 5 nitrogen and oxygen atoms in total. The SMILES string of the molecule is CC(C)C(CCN)CCC(=O)NC(C)(C)CCC(=O)O. The first-order valence-electron chi connectivity index (χ1n) is 7.41. The Bertz CT molecular complexity index is 314. The van der Waals surface area contributed by atoms with Gasteiger partial charge in [-0.05, 0) is 51.5 Å². The second-order valence-corrected chi connectivity index (χ2v) is 6.45. The average Bonchev–Trinajstić information content (AvgIpc) is 2.31. The number of nitrogens with one attached hydrogen (secondary N) is 1. The Morgan fingerprint density at radius 1 is 1.20 bits per heavy atom. The van der Waals surface area contributed by atoms with E-state index in [0.29, 0.717) is 31.2 Å². The molecule has 4 N–H and O–H groups in total. The highest BCUT2D eigenvalue weighted by Gasteiger charge is 2.22. The molecule has 1 unspecified atom stereocenters. The van der Waals surface area contributed by atoms with Crippen LogP contribution in [0.25, 0.3) is 0 Å². The largest absolute Gasteiger partial charge is 0.481 e. The van der Waals surface area contributed by atoms with Crippen LogP contribution in [-0.2, 0) is 9.59 Å². The van der Waals surface area contributed by atoms with Crippen LogP contribution in [0.3, 0.4) is 0 Å². The highest BCUT2D eigenvalue weighted by Crippen LogP contribution is 2.21. The summed E-state index contributed by atoms with van der Waals surface area (Å²) in [7, 11) is 0. The summed E-state index contributed by atoms with van der Waals surface area (Å²) < 4.78 is 0. The van der Waals surface area contributed by atoms with Crippen LogP contribution in [0.1, 0.15) is 59.8 Å². The summed E-state index contributed by atoms with van der Waals surface area (Å²) in [6, 6.07) is 0. The molecule has 0 saturated carbocycles. The molecule has 0 spiro atoms. The number of aliphatic carboxylic acids is 1. The molecule has 0 aliphatic heterocycles. The van der Waals surface area contributed by atoms with E-state index in [1.165, 1.54) is 0 Å². The summed E-state index contributed by atoms with van der Waals surface area (Å²) in [6.07, 6.45) is 2.74. The first-order chi connectivity index (χ1) is 9.18. The molecule has 1 atom stereocenters. The Kier molecular flexibility index (Phi) is 8.46. The summed E-state index contributed by atoms with van der Waals surface area (Å²) in [5.41, 5.74) is 5.11. The van der Waals surface area contributed by atoms with Crippen molar-refractivity contribution in [1.29, 1.82) is 0 Å². The molecule has 0 saturated heterocycles. The van der Waals surface area contributed by atoms with E-state index >= 15 is 0 Å². The maximum Gasteiger partial charge on any atom is 0.303 e. The predicted molar refractivity (Wildman–Crippen MR) is 80.3 cm³/mol. The van der Waals surface area contributed by atoms with Gasteiger partial charge in [0.2, 0.25) is 5.91 Å². The first-order valence-corrected chi connectivity index (χ1v) is 7.41. The van der Waals surface area contributed by atoms with E-state index in [2.05, 4.69) is 19.2 Å². The van der Waals surface area contributed by atoms with Crippen molar-refractivity contribution in [2.24, 2.45) is 17.6 Å². The van der Waals surface area contributed by atoms with Crippen molar-refractivity contribution < 1.29 is 14.7 Å². The fraction of sp³-hybridized carbons (Fsp3) is 0.867. The Morgan fingerprint density at radius 3 is 2.25 bits per heavy atom. The van der Waals surface area contributed by atoms with Crippen molar-refractivity contribution in [3.05, 3.63) is 0 Å². The standard InChI is InChI=1S/C15H30N2O3/c1-11(2)12(8-10-16)5-6-13(18)17-15(3,4)9-7-14(19)20/h11-12H,5-10,16H2,1-4H3,(H,17,18)(H,19,20). The summed E-state index contributed by atoms with van der Waals surface area (Å²) >= 11 is 0. The minimum absolute atomic E-state index is 0.0111. The lowest BCUT2D eigenvalue weighted by molar-refractivity contribution is -0.137. The van der Waals surface area contributed by atoms with Crippen molar-refractivity contribution in [1.82, 2.24) is 5.32 Å². The molecular weight excluding hydrogens is 256 g/mol. The molecule has 118 valence electrons. The first kappa shape index (κ1) is 18.9. The normalized spacial score (nSPS) is 13.3. The van der Waals surface area contributed by atoms with Gasteiger partial charge in [-0.25, -0.2) is 0 Å². The molecule has 0 heterocycles. The van der Waals surface area contributed by atoms with Crippen LogP contribution in [0.2, 0.25) is 0 Å². The lowest BCUT2D eigenvalue weighted by Gasteiger charge is -2.26. The van der Waals surface area contributed by atoms with Gasteiger partial charge in [0, 0.05) is 18.4 Å². The Hall–Kier alpha value is -1.10. The summed E-state index contributed by atoms with van der Waals surface area (Å²) in [6.45, 7) is 8.65. The zero-order valence-corrected chi connectivity index (χ0v) is 13.2. The Balaban J connectivity index is 4.17. The quantitative estimate of drug-likeness (QED) is 0.573. The molecule has 0 aromatic heterocycles.